The van der Waals surface area contributed by atoms with Gasteiger partial charge in [0.05, 0.1) is 12.5 Å². The van der Waals surface area contributed by atoms with Gasteiger partial charge in [0.25, 0.3) is 0 Å². The average Bonchev–Trinajstić information content (AvgIpc) is 2.41. The maximum Gasteiger partial charge on any atom is 0.225 e. The first kappa shape index (κ1) is 14.4. The third kappa shape index (κ3) is 3.52. The predicted molar refractivity (Wildman–Crippen MR) is 79.8 cm³/mol. The highest BCUT2D eigenvalue weighted by atomic mass is 35.5. The molecule has 0 fully saturated rings. The molecule has 0 radical (unpaired) electrons. The van der Waals surface area contributed by atoms with E-state index in [1.807, 2.05) is 25.1 Å². The lowest BCUT2D eigenvalue weighted by atomic mass is 10.1. The van der Waals surface area contributed by atoms with Crippen molar-refractivity contribution in [3.63, 3.8) is 0 Å². The first-order valence-electron chi connectivity index (χ1n) is 6.38. The lowest BCUT2D eigenvalue weighted by Gasteiger charge is -2.16. The molecule has 3 nitrogen and oxygen atoms in total. The van der Waals surface area contributed by atoms with Crippen molar-refractivity contribution in [2.75, 3.05) is 0 Å². The number of halogens is 1. The van der Waals surface area contributed by atoms with Crippen molar-refractivity contribution in [1.29, 1.82) is 0 Å². The summed E-state index contributed by atoms with van der Waals surface area (Å²) in [5.74, 6) is -0.0213. The van der Waals surface area contributed by atoms with E-state index in [4.69, 9.17) is 11.6 Å². The summed E-state index contributed by atoms with van der Waals surface area (Å²) in [5.41, 5.74) is 1.48. The molecule has 2 N–H and O–H groups in total. The van der Waals surface area contributed by atoms with Gasteiger partial charge in [-0.2, -0.15) is 0 Å². The molecule has 104 valence electrons. The zero-order valence-electron chi connectivity index (χ0n) is 11.1. The van der Waals surface area contributed by atoms with Crippen LogP contribution in [-0.4, -0.2) is 11.0 Å². The van der Waals surface area contributed by atoms with Crippen molar-refractivity contribution < 1.29 is 9.90 Å². The number of nitrogens with one attached hydrogen (secondary N) is 1. The molecule has 0 bridgehead atoms. The highest BCUT2D eigenvalue weighted by Gasteiger charge is 2.13. The van der Waals surface area contributed by atoms with Crippen LogP contribution >= 0.6 is 11.6 Å². The molecule has 0 spiro atoms. The Morgan fingerprint density at radius 1 is 1.20 bits per heavy atom. The second kappa shape index (κ2) is 6.44. The predicted octanol–water partition coefficient (Wildman–Crippen LogP) is 3.47. The number of carbonyl (C=O) groups excluding carboxylic acids is 1. The van der Waals surface area contributed by atoms with Gasteiger partial charge in [-0.15, -0.1) is 0 Å². The molecule has 0 saturated heterocycles. The number of aromatic hydroxyl groups is 1. The van der Waals surface area contributed by atoms with Crippen molar-refractivity contribution in [2.24, 2.45) is 0 Å². The van der Waals surface area contributed by atoms with Crippen molar-refractivity contribution in [2.45, 2.75) is 19.4 Å². The van der Waals surface area contributed by atoms with Crippen LogP contribution in [0, 0.1) is 0 Å². The molecule has 2 aromatic carbocycles. The minimum absolute atomic E-state index is 0.132. The van der Waals surface area contributed by atoms with Crippen molar-refractivity contribution >= 4 is 17.5 Å². The van der Waals surface area contributed by atoms with Gasteiger partial charge in [-0.25, -0.2) is 0 Å². The molecule has 0 aliphatic rings. The van der Waals surface area contributed by atoms with E-state index in [1.165, 1.54) is 0 Å². The van der Waals surface area contributed by atoms with E-state index < -0.39 is 0 Å². The maximum absolute atomic E-state index is 12.0. The Kier molecular flexibility index (Phi) is 4.64. The smallest absolute Gasteiger partial charge is 0.225 e. The Hall–Kier alpha value is -2.00. The zero-order valence-corrected chi connectivity index (χ0v) is 11.9. The molecule has 1 atom stereocenters. The minimum atomic E-state index is -0.179. The van der Waals surface area contributed by atoms with Crippen LogP contribution < -0.4 is 5.32 Å². The van der Waals surface area contributed by atoms with E-state index in [9.17, 15) is 9.90 Å². The monoisotopic (exact) mass is 289 g/mol. The molecule has 2 aromatic rings. The van der Waals surface area contributed by atoms with Crippen LogP contribution in [0.4, 0.5) is 0 Å². The number of carbonyl (C=O) groups is 1. The number of rotatable bonds is 4. The number of benzene rings is 2. The molecule has 20 heavy (non-hydrogen) atoms. The summed E-state index contributed by atoms with van der Waals surface area (Å²) in [5, 5.41) is 13.2. The van der Waals surface area contributed by atoms with E-state index >= 15 is 0 Å². The molecule has 1 amide bonds. The van der Waals surface area contributed by atoms with Gasteiger partial charge in [0.1, 0.15) is 5.75 Å². The normalized spacial score (nSPS) is 11.9. The number of phenolic OH excluding ortho intramolecular Hbond substituents is 1. The third-order valence-electron chi connectivity index (χ3n) is 3.09. The Bertz CT molecular complexity index is 613. The van der Waals surface area contributed by atoms with Crippen LogP contribution in [-0.2, 0) is 11.2 Å². The lowest BCUT2D eigenvalue weighted by molar-refractivity contribution is -0.121. The van der Waals surface area contributed by atoms with E-state index in [1.54, 1.807) is 30.3 Å². The average molecular weight is 290 g/mol. The molecule has 2 rings (SSSR count). The van der Waals surface area contributed by atoms with Gasteiger partial charge in [-0.3, -0.25) is 4.79 Å². The Labute approximate surface area is 123 Å². The van der Waals surface area contributed by atoms with Crippen LogP contribution in [0.5, 0.6) is 5.75 Å². The van der Waals surface area contributed by atoms with E-state index in [-0.39, 0.29) is 24.1 Å². The van der Waals surface area contributed by atoms with Gasteiger partial charge >= 0.3 is 0 Å². The summed E-state index contributed by atoms with van der Waals surface area (Å²) < 4.78 is 0. The van der Waals surface area contributed by atoms with Gasteiger partial charge in [0.15, 0.2) is 0 Å². The number of amides is 1. The fraction of sp³-hybridized carbons (Fsp3) is 0.188. The fourth-order valence-electron chi connectivity index (χ4n) is 2.03. The minimum Gasteiger partial charge on any atom is -0.508 e. The van der Waals surface area contributed by atoms with Crippen LogP contribution in [0.2, 0.25) is 5.02 Å². The Balaban J connectivity index is 2.02. The standard InChI is InChI=1S/C16H16ClNO2/c1-11(13-7-3-4-8-14(13)17)18-16(20)10-12-6-2-5-9-15(12)19/h2-9,11,19H,10H2,1H3,(H,18,20). The molecule has 0 aliphatic heterocycles. The first-order valence-corrected chi connectivity index (χ1v) is 6.76. The summed E-state index contributed by atoms with van der Waals surface area (Å²) in [4.78, 5) is 12.0. The fourth-order valence-corrected chi connectivity index (χ4v) is 2.33. The SMILES string of the molecule is CC(NC(=O)Cc1ccccc1O)c1ccccc1Cl. The summed E-state index contributed by atoms with van der Waals surface area (Å²) >= 11 is 6.10. The zero-order chi connectivity index (χ0) is 14.5. The van der Waals surface area contributed by atoms with Gasteiger partial charge in [0, 0.05) is 10.6 Å². The number of phenols is 1. The van der Waals surface area contributed by atoms with E-state index in [0.717, 1.165) is 5.56 Å². The van der Waals surface area contributed by atoms with E-state index in [2.05, 4.69) is 5.32 Å². The lowest BCUT2D eigenvalue weighted by Crippen LogP contribution is -2.28. The van der Waals surface area contributed by atoms with Gasteiger partial charge in [-0.1, -0.05) is 48.0 Å². The van der Waals surface area contributed by atoms with E-state index in [0.29, 0.717) is 10.6 Å². The second-order valence-electron chi connectivity index (χ2n) is 4.62. The molecule has 0 heterocycles. The van der Waals surface area contributed by atoms with Crippen LogP contribution in [0.3, 0.4) is 0 Å². The van der Waals surface area contributed by atoms with Gasteiger partial charge in [-0.05, 0) is 24.6 Å². The molecular weight excluding hydrogens is 274 g/mol. The molecule has 0 saturated carbocycles. The molecule has 4 heteroatoms. The van der Waals surface area contributed by atoms with Gasteiger partial charge in [0.2, 0.25) is 5.91 Å². The molecule has 0 aliphatic carbocycles. The summed E-state index contributed by atoms with van der Waals surface area (Å²) in [6.45, 7) is 1.88. The van der Waals surface area contributed by atoms with Crippen molar-refractivity contribution in [1.82, 2.24) is 5.32 Å². The van der Waals surface area contributed by atoms with Crippen molar-refractivity contribution in [3.05, 3.63) is 64.7 Å². The number of hydrogen-bond donors (Lipinski definition) is 2. The van der Waals surface area contributed by atoms with Crippen LogP contribution in [0.1, 0.15) is 24.1 Å². The summed E-state index contributed by atoms with van der Waals surface area (Å²) in [6.07, 6.45) is 0.140. The molecule has 1 unspecified atom stereocenters. The van der Waals surface area contributed by atoms with Crippen LogP contribution in [0.25, 0.3) is 0 Å². The maximum atomic E-state index is 12.0. The first-order chi connectivity index (χ1) is 9.58. The van der Waals surface area contributed by atoms with Gasteiger partial charge < -0.3 is 10.4 Å². The molecular formula is C16H16ClNO2. The highest BCUT2D eigenvalue weighted by molar-refractivity contribution is 6.31. The second-order valence-corrected chi connectivity index (χ2v) is 5.02. The Morgan fingerprint density at radius 2 is 1.85 bits per heavy atom. The largest absolute Gasteiger partial charge is 0.508 e. The highest BCUT2D eigenvalue weighted by Crippen LogP contribution is 2.22. The number of hydrogen-bond acceptors (Lipinski definition) is 2. The topological polar surface area (TPSA) is 49.3 Å². The van der Waals surface area contributed by atoms with Crippen molar-refractivity contribution in [3.8, 4) is 5.75 Å². The summed E-state index contributed by atoms with van der Waals surface area (Å²) in [6, 6.07) is 14.0. The van der Waals surface area contributed by atoms with Crippen LogP contribution in [0.15, 0.2) is 48.5 Å². The number of para-hydroxylation sites is 1. The molecule has 0 aromatic heterocycles. The summed E-state index contributed by atoms with van der Waals surface area (Å²) in [7, 11) is 0. The quantitative estimate of drug-likeness (QED) is 0.905. The third-order valence-corrected chi connectivity index (χ3v) is 3.44. The Morgan fingerprint density at radius 3 is 2.55 bits per heavy atom.